The maximum atomic E-state index is 5.80. The fourth-order valence-electron chi connectivity index (χ4n) is 1.33. The Balaban J connectivity index is 2.23. The molecule has 4 nitrogen and oxygen atoms in total. The quantitative estimate of drug-likeness (QED) is 0.907. The molecule has 17 heavy (non-hydrogen) atoms. The maximum absolute atomic E-state index is 5.80. The minimum absolute atomic E-state index is 0.504. The molecule has 0 aliphatic heterocycles. The van der Waals surface area contributed by atoms with Crippen molar-refractivity contribution < 1.29 is 4.74 Å². The van der Waals surface area contributed by atoms with Gasteiger partial charge in [-0.05, 0) is 31.2 Å². The predicted octanol–water partition coefficient (Wildman–Crippen LogP) is 3.27. The first-order chi connectivity index (χ1) is 8.17. The van der Waals surface area contributed by atoms with Gasteiger partial charge in [-0.25, -0.2) is 4.98 Å². The fraction of sp³-hybridized carbons (Fsp3) is 0.167. The van der Waals surface area contributed by atoms with E-state index < -0.39 is 0 Å². The molecule has 0 saturated carbocycles. The number of hydrogen-bond donors (Lipinski definition) is 1. The highest BCUT2D eigenvalue weighted by molar-refractivity contribution is 6.30. The summed E-state index contributed by atoms with van der Waals surface area (Å²) >= 11 is 5.80. The Kier molecular flexibility index (Phi) is 3.44. The molecular weight excluding hydrogens is 238 g/mol. The molecule has 0 bridgehead atoms. The van der Waals surface area contributed by atoms with Gasteiger partial charge in [0.1, 0.15) is 5.75 Å². The monoisotopic (exact) mass is 249 g/mol. The zero-order valence-electron chi connectivity index (χ0n) is 9.57. The third-order valence-electron chi connectivity index (χ3n) is 2.09. The Labute approximate surface area is 105 Å². The van der Waals surface area contributed by atoms with Gasteiger partial charge in [0.15, 0.2) is 0 Å². The summed E-state index contributed by atoms with van der Waals surface area (Å²) in [5.41, 5.74) is 0.841. The summed E-state index contributed by atoms with van der Waals surface area (Å²) in [7, 11) is 1.76. The lowest BCUT2D eigenvalue weighted by Gasteiger charge is -2.07. The molecule has 1 heterocycles. The van der Waals surface area contributed by atoms with E-state index in [1.54, 1.807) is 37.4 Å². The first-order valence-electron chi connectivity index (χ1n) is 5.14. The molecule has 1 aromatic carbocycles. The number of halogens is 1. The van der Waals surface area contributed by atoms with E-state index in [0.717, 1.165) is 5.69 Å². The molecule has 2 rings (SSSR count). The highest BCUT2D eigenvalue weighted by Crippen LogP contribution is 2.22. The van der Waals surface area contributed by atoms with Gasteiger partial charge < -0.3 is 10.1 Å². The van der Waals surface area contributed by atoms with Crippen LogP contribution in [0.15, 0.2) is 30.3 Å². The van der Waals surface area contributed by atoms with Crippen LogP contribution in [0.5, 0.6) is 11.6 Å². The molecule has 1 aromatic heterocycles. The summed E-state index contributed by atoms with van der Waals surface area (Å²) in [6.07, 6.45) is 0. The van der Waals surface area contributed by atoms with E-state index in [0.29, 0.717) is 22.6 Å². The van der Waals surface area contributed by atoms with Crippen molar-refractivity contribution in [3.63, 3.8) is 0 Å². The van der Waals surface area contributed by atoms with E-state index in [1.165, 1.54) is 0 Å². The Morgan fingerprint density at radius 3 is 2.53 bits per heavy atom. The second-order valence-corrected chi connectivity index (χ2v) is 3.91. The fourth-order valence-corrected chi connectivity index (χ4v) is 1.45. The number of hydrogen-bond acceptors (Lipinski definition) is 4. The molecule has 0 spiro atoms. The van der Waals surface area contributed by atoms with Crippen LogP contribution in [0.25, 0.3) is 0 Å². The van der Waals surface area contributed by atoms with Crippen LogP contribution >= 0.6 is 11.6 Å². The smallest absolute Gasteiger partial charge is 0.225 e. The van der Waals surface area contributed by atoms with Gasteiger partial charge in [-0.2, -0.15) is 4.98 Å². The number of aryl methyl sites for hydroxylation is 1. The van der Waals surface area contributed by atoms with Crippen LogP contribution in [0, 0.1) is 6.92 Å². The van der Waals surface area contributed by atoms with Crippen LogP contribution in [-0.4, -0.2) is 17.0 Å². The summed E-state index contributed by atoms with van der Waals surface area (Å²) < 4.78 is 5.61. The highest BCUT2D eigenvalue weighted by atomic mass is 35.5. The summed E-state index contributed by atoms with van der Waals surface area (Å²) in [4.78, 5) is 8.38. The van der Waals surface area contributed by atoms with Gasteiger partial charge in [-0.1, -0.05) is 11.6 Å². The number of anilines is 1. The molecule has 0 atom stereocenters. The van der Waals surface area contributed by atoms with Gasteiger partial charge in [0.2, 0.25) is 11.8 Å². The SMILES string of the molecule is CNc1nc(C)cc(Oc2ccc(Cl)cc2)n1. The average Bonchev–Trinajstić information content (AvgIpc) is 2.31. The molecule has 0 unspecified atom stereocenters. The molecular formula is C12H12ClN3O. The van der Waals surface area contributed by atoms with Crippen LogP contribution in [0.4, 0.5) is 5.95 Å². The number of nitrogens with one attached hydrogen (secondary N) is 1. The first kappa shape index (κ1) is 11.7. The Morgan fingerprint density at radius 2 is 1.88 bits per heavy atom. The van der Waals surface area contributed by atoms with Gasteiger partial charge >= 0.3 is 0 Å². The average molecular weight is 250 g/mol. The number of rotatable bonds is 3. The second kappa shape index (κ2) is 5.01. The molecule has 2 aromatic rings. The molecule has 5 heteroatoms. The molecule has 88 valence electrons. The lowest BCUT2D eigenvalue weighted by atomic mass is 10.3. The standard InChI is InChI=1S/C12H12ClN3O/c1-8-7-11(16-12(14-2)15-8)17-10-5-3-9(13)4-6-10/h3-7H,1-2H3,(H,14,15,16). The zero-order valence-corrected chi connectivity index (χ0v) is 10.3. The third kappa shape index (κ3) is 3.07. The number of nitrogens with zero attached hydrogens (tertiary/aromatic N) is 2. The predicted molar refractivity (Wildman–Crippen MR) is 67.8 cm³/mol. The van der Waals surface area contributed by atoms with Gasteiger partial charge in [0.05, 0.1) is 0 Å². The lowest BCUT2D eigenvalue weighted by molar-refractivity contribution is 0.462. The van der Waals surface area contributed by atoms with Crippen molar-refractivity contribution in [2.45, 2.75) is 6.92 Å². The van der Waals surface area contributed by atoms with Crippen molar-refractivity contribution >= 4 is 17.5 Å². The second-order valence-electron chi connectivity index (χ2n) is 3.48. The van der Waals surface area contributed by atoms with Crippen LogP contribution in [0.3, 0.4) is 0 Å². The zero-order chi connectivity index (χ0) is 12.3. The topological polar surface area (TPSA) is 47.0 Å². The van der Waals surface area contributed by atoms with Crippen molar-refractivity contribution in [1.29, 1.82) is 0 Å². The van der Waals surface area contributed by atoms with E-state index in [4.69, 9.17) is 16.3 Å². The number of ether oxygens (including phenoxy) is 1. The summed E-state index contributed by atoms with van der Waals surface area (Å²) in [5, 5.41) is 3.55. The van der Waals surface area contributed by atoms with E-state index in [-0.39, 0.29) is 0 Å². The maximum Gasteiger partial charge on any atom is 0.225 e. The summed E-state index contributed by atoms with van der Waals surface area (Å²) in [6.45, 7) is 1.89. The molecule has 0 amide bonds. The van der Waals surface area contributed by atoms with Gasteiger partial charge in [-0.3, -0.25) is 0 Å². The lowest BCUT2D eigenvalue weighted by Crippen LogP contribution is -1.99. The largest absolute Gasteiger partial charge is 0.439 e. The summed E-state index contributed by atoms with van der Waals surface area (Å²) in [5.74, 6) is 1.73. The van der Waals surface area contributed by atoms with Crippen molar-refractivity contribution in [2.24, 2.45) is 0 Å². The highest BCUT2D eigenvalue weighted by Gasteiger charge is 2.03. The van der Waals surface area contributed by atoms with Crippen molar-refractivity contribution in [3.05, 3.63) is 41.0 Å². The third-order valence-corrected chi connectivity index (χ3v) is 2.34. The molecule has 0 saturated heterocycles. The van der Waals surface area contributed by atoms with Gasteiger partial charge in [0, 0.05) is 23.8 Å². The van der Waals surface area contributed by atoms with E-state index >= 15 is 0 Å². The molecule has 0 fully saturated rings. The van der Waals surface area contributed by atoms with E-state index in [2.05, 4.69) is 15.3 Å². The molecule has 1 N–H and O–H groups in total. The number of aromatic nitrogens is 2. The van der Waals surface area contributed by atoms with Crippen LogP contribution in [-0.2, 0) is 0 Å². The van der Waals surface area contributed by atoms with Crippen molar-refractivity contribution in [3.8, 4) is 11.6 Å². The van der Waals surface area contributed by atoms with E-state index in [1.807, 2.05) is 6.92 Å². The van der Waals surface area contributed by atoms with Gasteiger partial charge in [0.25, 0.3) is 0 Å². The van der Waals surface area contributed by atoms with Crippen LogP contribution < -0.4 is 10.1 Å². The van der Waals surface area contributed by atoms with Crippen molar-refractivity contribution in [1.82, 2.24) is 9.97 Å². The Bertz CT molecular complexity index is 514. The normalized spacial score (nSPS) is 10.1. The minimum Gasteiger partial charge on any atom is -0.439 e. The molecule has 0 aliphatic carbocycles. The van der Waals surface area contributed by atoms with Crippen LogP contribution in [0.2, 0.25) is 5.02 Å². The molecule has 0 aliphatic rings. The molecule has 0 radical (unpaired) electrons. The van der Waals surface area contributed by atoms with Crippen molar-refractivity contribution in [2.75, 3.05) is 12.4 Å². The minimum atomic E-state index is 0.504. The van der Waals surface area contributed by atoms with Crippen LogP contribution in [0.1, 0.15) is 5.69 Å². The first-order valence-corrected chi connectivity index (χ1v) is 5.52. The summed E-state index contributed by atoms with van der Waals surface area (Å²) in [6, 6.07) is 8.89. The Hall–Kier alpha value is -1.81. The van der Waals surface area contributed by atoms with E-state index in [9.17, 15) is 0 Å². The number of benzene rings is 1. The van der Waals surface area contributed by atoms with Gasteiger partial charge in [-0.15, -0.1) is 0 Å². The Morgan fingerprint density at radius 1 is 1.18 bits per heavy atom.